The Kier molecular flexibility index (Phi) is 6.29. The Labute approximate surface area is 160 Å². The molecule has 2 aromatic carbocycles. The summed E-state index contributed by atoms with van der Waals surface area (Å²) in [5.41, 5.74) is 4.26. The van der Waals surface area contributed by atoms with Crippen molar-refractivity contribution < 1.29 is 0 Å². The van der Waals surface area contributed by atoms with Crippen LogP contribution in [0.3, 0.4) is 0 Å². The molecular weight excluding hydrogens is 350 g/mol. The highest BCUT2D eigenvalue weighted by atomic mass is 35.5. The summed E-state index contributed by atoms with van der Waals surface area (Å²) >= 11 is 11.5. The van der Waals surface area contributed by atoms with Gasteiger partial charge in [-0.25, -0.2) is 0 Å². The first-order valence-electron chi connectivity index (χ1n) is 8.75. The minimum atomic E-state index is 0.559. The molecule has 0 aliphatic carbocycles. The molecule has 0 atom stereocenters. The Bertz CT molecular complexity index is 724. The summed E-state index contributed by atoms with van der Waals surface area (Å²) in [6.07, 6.45) is 4.02. The summed E-state index contributed by atoms with van der Waals surface area (Å²) in [6.45, 7) is 5.44. The minimum Gasteiger partial charge on any atom is -0.332 e. The molecule has 1 aliphatic rings. The second-order valence-corrected chi connectivity index (χ2v) is 7.39. The number of hydrogen-bond donors (Lipinski definition) is 2. The number of piperidine rings is 1. The van der Waals surface area contributed by atoms with Gasteiger partial charge in [-0.2, -0.15) is 0 Å². The standard InChI is InChI=1S/C20H24ClN3S/c1-15-5-8-18(13-19(15)21)23-20(25)22-17-9-6-16(7-10-17)14-24-11-3-2-4-12-24/h5-10,13H,2-4,11-12,14H2,1H3,(H2,22,23,25). The first-order chi connectivity index (χ1) is 12.1. The van der Waals surface area contributed by atoms with Gasteiger partial charge in [0.1, 0.15) is 0 Å². The molecule has 25 heavy (non-hydrogen) atoms. The van der Waals surface area contributed by atoms with Gasteiger partial charge in [-0.05, 0) is 80.5 Å². The Balaban J connectivity index is 1.53. The molecule has 0 spiro atoms. The highest BCUT2D eigenvalue weighted by molar-refractivity contribution is 7.80. The number of halogens is 1. The second-order valence-electron chi connectivity index (χ2n) is 6.58. The zero-order chi connectivity index (χ0) is 17.6. The van der Waals surface area contributed by atoms with Gasteiger partial charge in [0.2, 0.25) is 0 Å². The lowest BCUT2D eigenvalue weighted by atomic mass is 10.1. The fourth-order valence-corrected chi connectivity index (χ4v) is 3.45. The Morgan fingerprint density at radius 3 is 2.32 bits per heavy atom. The topological polar surface area (TPSA) is 27.3 Å². The Morgan fingerprint density at radius 2 is 1.64 bits per heavy atom. The molecule has 1 heterocycles. The Morgan fingerprint density at radius 1 is 1.00 bits per heavy atom. The normalized spacial score (nSPS) is 15.0. The zero-order valence-electron chi connectivity index (χ0n) is 14.5. The molecule has 3 rings (SSSR count). The van der Waals surface area contributed by atoms with Crippen LogP contribution < -0.4 is 10.6 Å². The summed E-state index contributed by atoms with van der Waals surface area (Å²) in [7, 11) is 0. The number of rotatable bonds is 4. The average Bonchev–Trinajstić information content (AvgIpc) is 2.61. The molecular formula is C20H24ClN3S. The van der Waals surface area contributed by atoms with E-state index in [1.165, 1.54) is 37.9 Å². The van der Waals surface area contributed by atoms with E-state index in [9.17, 15) is 0 Å². The van der Waals surface area contributed by atoms with E-state index >= 15 is 0 Å². The summed E-state index contributed by atoms with van der Waals surface area (Å²) in [6, 6.07) is 14.3. The molecule has 0 aromatic heterocycles. The fourth-order valence-electron chi connectivity index (χ4n) is 3.03. The lowest BCUT2D eigenvalue weighted by Crippen LogP contribution is -2.29. The molecule has 1 saturated heterocycles. The number of nitrogens with one attached hydrogen (secondary N) is 2. The van der Waals surface area contributed by atoms with E-state index < -0.39 is 0 Å². The zero-order valence-corrected chi connectivity index (χ0v) is 16.1. The van der Waals surface area contributed by atoms with E-state index in [0.717, 1.165) is 28.5 Å². The van der Waals surface area contributed by atoms with Crippen molar-refractivity contribution in [3.63, 3.8) is 0 Å². The molecule has 5 heteroatoms. The maximum atomic E-state index is 6.15. The first-order valence-corrected chi connectivity index (χ1v) is 9.54. The quantitative estimate of drug-likeness (QED) is 0.697. The lowest BCUT2D eigenvalue weighted by Gasteiger charge is -2.26. The molecule has 0 bridgehead atoms. The third kappa shape index (κ3) is 5.43. The maximum Gasteiger partial charge on any atom is 0.175 e. The summed E-state index contributed by atoms with van der Waals surface area (Å²) in [5.74, 6) is 0. The maximum absolute atomic E-state index is 6.15. The van der Waals surface area contributed by atoms with Crippen LogP contribution in [0.5, 0.6) is 0 Å². The number of anilines is 2. The van der Waals surface area contributed by atoms with Crippen LogP contribution >= 0.6 is 23.8 Å². The smallest absolute Gasteiger partial charge is 0.175 e. The molecule has 1 fully saturated rings. The molecule has 132 valence electrons. The second kappa shape index (κ2) is 8.65. The highest BCUT2D eigenvalue weighted by Crippen LogP contribution is 2.20. The van der Waals surface area contributed by atoms with Crippen LogP contribution in [0.25, 0.3) is 0 Å². The largest absolute Gasteiger partial charge is 0.332 e. The molecule has 0 amide bonds. The monoisotopic (exact) mass is 373 g/mol. The first kappa shape index (κ1) is 18.2. The molecule has 2 aromatic rings. The molecule has 0 saturated carbocycles. The van der Waals surface area contributed by atoms with Crippen molar-refractivity contribution in [3.05, 3.63) is 58.6 Å². The van der Waals surface area contributed by atoms with E-state index in [2.05, 4.69) is 39.8 Å². The molecule has 0 radical (unpaired) electrons. The van der Waals surface area contributed by atoms with Crippen molar-refractivity contribution in [2.24, 2.45) is 0 Å². The van der Waals surface area contributed by atoms with E-state index in [4.69, 9.17) is 23.8 Å². The minimum absolute atomic E-state index is 0.559. The van der Waals surface area contributed by atoms with Crippen LogP contribution in [0, 0.1) is 6.92 Å². The third-order valence-corrected chi connectivity index (χ3v) is 5.11. The number of thiocarbonyl (C=S) groups is 1. The number of nitrogens with zero attached hydrogens (tertiary/aromatic N) is 1. The van der Waals surface area contributed by atoms with Crippen molar-refractivity contribution in [2.75, 3.05) is 23.7 Å². The van der Waals surface area contributed by atoms with Gasteiger partial charge in [0, 0.05) is 22.9 Å². The SMILES string of the molecule is Cc1ccc(NC(=S)Nc2ccc(CN3CCCCC3)cc2)cc1Cl. The van der Waals surface area contributed by atoms with Gasteiger partial charge in [0.15, 0.2) is 5.11 Å². The Hall–Kier alpha value is -1.62. The summed E-state index contributed by atoms with van der Waals surface area (Å²) < 4.78 is 0. The average molecular weight is 374 g/mol. The van der Waals surface area contributed by atoms with Crippen LogP contribution in [-0.2, 0) is 6.54 Å². The van der Waals surface area contributed by atoms with E-state index in [0.29, 0.717) is 5.11 Å². The molecule has 0 unspecified atom stereocenters. The number of aryl methyl sites for hydroxylation is 1. The lowest BCUT2D eigenvalue weighted by molar-refractivity contribution is 0.221. The van der Waals surface area contributed by atoms with Crippen molar-refractivity contribution in [2.45, 2.75) is 32.7 Å². The van der Waals surface area contributed by atoms with Crippen LogP contribution in [0.15, 0.2) is 42.5 Å². The number of likely N-dealkylation sites (tertiary alicyclic amines) is 1. The number of benzene rings is 2. The van der Waals surface area contributed by atoms with Crippen molar-refractivity contribution in [3.8, 4) is 0 Å². The summed E-state index contributed by atoms with van der Waals surface area (Å²) in [4.78, 5) is 2.53. The highest BCUT2D eigenvalue weighted by Gasteiger charge is 2.10. The van der Waals surface area contributed by atoms with Gasteiger partial charge in [0.05, 0.1) is 0 Å². The number of hydrogen-bond acceptors (Lipinski definition) is 2. The van der Waals surface area contributed by atoms with Crippen LogP contribution in [0.4, 0.5) is 11.4 Å². The van der Waals surface area contributed by atoms with Gasteiger partial charge in [-0.15, -0.1) is 0 Å². The van der Waals surface area contributed by atoms with Crippen LogP contribution in [0.1, 0.15) is 30.4 Å². The molecule has 2 N–H and O–H groups in total. The van der Waals surface area contributed by atoms with Gasteiger partial charge in [0.25, 0.3) is 0 Å². The van der Waals surface area contributed by atoms with Crippen molar-refractivity contribution in [1.29, 1.82) is 0 Å². The van der Waals surface area contributed by atoms with Gasteiger partial charge >= 0.3 is 0 Å². The van der Waals surface area contributed by atoms with Gasteiger partial charge in [-0.3, -0.25) is 4.90 Å². The van der Waals surface area contributed by atoms with Gasteiger partial charge < -0.3 is 10.6 Å². The van der Waals surface area contributed by atoms with Crippen LogP contribution in [-0.4, -0.2) is 23.1 Å². The summed E-state index contributed by atoms with van der Waals surface area (Å²) in [5, 5.41) is 7.68. The van der Waals surface area contributed by atoms with E-state index in [-0.39, 0.29) is 0 Å². The predicted octanol–water partition coefficient (Wildman–Crippen LogP) is 5.44. The molecule has 3 nitrogen and oxygen atoms in total. The molecule has 1 aliphatic heterocycles. The third-order valence-electron chi connectivity index (χ3n) is 4.50. The predicted molar refractivity (Wildman–Crippen MR) is 112 cm³/mol. The van der Waals surface area contributed by atoms with Gasteiger partial charge in [-0.1, -0.05) is 36.2 Å². The fraction of sp³-hybridized carbons (Fsp3) is 0.350. The van der Waals surface area contributed by atoms with E-state index in [1.54, 1.807) is 0 Å². The van der Waals surface area contributed by atoms with Crippen LogP contribution in [0.2, 0.25) is 5.02 Å². The van der Waals surface area contributed by atoms with E-state index in [1.807, 2.05) is 25.1 Å². The van der Waals surface area contributed by atoms with Crippen molar-refractivity contribution >= 4 is 40.3 Å². The van der Waals surface area contributed by atoms with Crippen molar-refractivity contribution in [1.82, 2.24) is 4.90 Å².